The van der Waals surface area contributed by atoms with Crippen molar-refractivity contribution in [2.45, 2.75) is 205 Å². The maximum atomic E-state index is 13.8. The first-order valence-corrected chi connectivity index (χ1v) is 32.6. The van der Waals surface area contributed by atoms with Gasteiger partial charge in [0.25, 0.3) is 11.8 Å². The summed E-state index contributed by atoms with van der Waals surface area (Å²) < 4.78 is 62.5. The number of aliphatic hydroxyl groups excluding tert-OH is 1. The van der Waals surface area contributed by atoms with Crippen LogP contribution in [0.4, 0.5) is 0 Å². The smallest absolute Gasteiger partial charge is 0.257 e. The Labute approximate surface area is 404 Å². The fraction of sp³-hybridized carbons (Fsp3) is 0.686. The predicted molar refractivity (Wildman–Crippen MR) is 268 cm³/mol. The van der Waals surface area contributed by atoms with E-state index in [4.69, 9.17) is 41.7 Å². The number of methoxy groups -OCH3 is 1. The van der Waals surface area contributed by atoms with Crippen molar-refractivity contribution in [3.05, 3.63) is 82.9 Å². The van der Waals surface area contributed by atoms with Gasteiger partial charge in [-0.1, -0.05) is 123 Å². The normalized spacial score (nSPS) is 28.4. The van der Waals surface area contributed by atoms with E-state index in [0.29, 0.717) is 6.61 Å². The maximum Gasteiger partial charge on any atom is 0.257 e. The van der Waals surface area contributed by atoms with Gasteiger partial charge >= 0.3 is 0 Å². The number of ether oxygens (including phenoxy) is 6. The van der Waals surface area contributed by atoms with Gasteiger partial charge in [0.05, 0.1) is 26.4 Å². The van der Waals surface area contributed by atoms with Crippen molar-refractivity contribution < 1.29 is 56.4 Å². The molecule has 2 aromatic rings. The number of rotatable bonds is 18. The highest BCUT2D eigenvalue weighted by Crippen LogP contribution is 2.47. The summed E-state index contributed by atoms with van der Waals surface area (Å²) in [7, 11) is -6.48. The van der Waals surface area contributed by atoms with Crippen LogP contribution in [0.3, 0.4) is 0 Å². The molecule has 0 saturated carbocycles. The first kappa shape index (κ1) is 55.5. The summed E-state index contributed by atoms with van der Waals surface area (Å²) in [4.78, 5) is 28.7. The Kier molecular flexibility index (Phi) is 17.8. The van der Waals surface area contributed by atoms with Gasteiger partial charge in [0.15, 0.2) is 37.5 Å². The summed E-state index contributed by atoms with van der Waals surface area (Å²) in [6.45, 7) is 37.0. The number of carbonyl (C=O) groups is 2. The molecule has 0 radical (unpaired) electrons. The van der Waals surface area contributed by atoms with Gasteiger partial charge in [-0.15, -0.1) is 0 Å². The van der Waals surface area contributed by atoms with Crippen molar-refractivity contribution in [1.29, 1.82) is 0 Å². The largest absolute Gasteiger partial charge is 0.408 e. The van der Waals surface area contributed by atoms with Crippen molar-refractivity contribution in [2.24, 2.45) is 0 Å². The minimum absolute atomic E-state index is 0.0352. The van der Waals surface area contributed by atoms with Crippen molar-refractivity contribution >= 4 is 36.8 Å². The molecule has 5 rings (SSSR count). The van der Waals surface area contributed by atoms with Gasteiger partial charge in [0, 0.05) is 18.3 Å². The number of hydrogen-bond donors (Lipinski definition) is 1. The van der Waals surface area contributed by atoms with Gasteiger partial charge in [-0.3, -0.25) is 14.5 Å². The van der Waals surface area contributed by atoms with E-state index in [9.17, 15) is 14.7 Å². The Hall–Kier alpha value is -2.43. The van der Waals surface area contributed by atoms with Crippen LogP contribution in [0.15, 0.2) is 71.8 Å². The molecule has 0 unspecified atom stereocenters. The lowest BCUT2D eigenvalue weighted by Crippen LogP contribution is -2.71. The SMILES string of the molecule is CO[C@H]1O[C@H](COCc2ccccc2)[C@@H](O[C@@H]2O[C@H](COCc3ccccc3)[C@@H](O[Si](C)(C)C(C)(C)C)[C@H](O[Si](C)(C)C(C)(C)C)[C@H]2O[Si](C)(C)C(C)(C)C)[C@@H](O)[C@H]1N1C(=O)C(C)=C(C)C1=O. The summed E-state index contributed by atoms with van der Waals surface area (Å²) in [5.41, 5.74) is 2.52. The van der Waals surface area contributed by atoms with E-state index in [1.54, 1.807) is 13.8 Å². The molecular weight excluding hydrogens is 903 g/mol. The molecule has 67 heavy (non-hydrogen) atoms. The number of hydrogen-bond acceptors (Lipinski definition) is 12. The van der Waals surface area contributed by atoms with Gasteiger partial charge in [0.1, 0.15) is 48.8 Å². The third-order valence-corrected chi connectivity index (χ3v) is 28.6. The molecule has 3 aliphatic heterocycles. The van der Waals surface area contributed by atoms with Crippen molar-refractivity contribution in [3.63, 3.8) is 0 Å². The van der Waals surface area contributed by atoms with Crippen LogP contribution in [0, 0.1) is 0 Å². The molecule has 3 heterocycles. The van der Waals surface area contributed by atoms with Gasteiger partial charge in [-0.2, -0.15) is 0 Å². The lowest BCUT2D eigenvalue weighted by molar-refractivity contribution is -0.347. The molecule has 0 spiro atoms. The number of carbonyl (C=O) groups excluding carboxylic acids is 2. The fourth-order valence-corrected chi connectivity index (χ4v) is 11.6. The molecule has 0 aliphatic carbocycles. The van der Waals surface area contributed by atoms with Crippen molar-refractivity contribution in [1.82, 2.24) is 4.90 Å². The van der Waals surface area contributed by atoms with E-state index in [0.717, 1.165) is 16.0 Å². The topological polar surface area (TPSA) is 141 Å². The minimum atomic E-state index is -2.70. The van der Waals surface area contributed by atoms with E-state index in [1.807, 2.05) is 60.7 Å². The summed E-state index contributed by atoms with van der Waals surface area (Å²) >= 11 is 0. The predicted octanol–water partition coefficient (Wildman–Crippen LogP) is 9.51. The van der Waals surface area contributed by atoms with E-state index in [1.165, 1.54) is 7.11 Å². The van der Waals surface area contributed by atoms with E-state index < -0.39 is 98.1 Å². The Morgan fingerprint density at radius 3 is 1.34 bits per heavy atom. The quantitative estimate of drug-likeness (QED) is 0.112. The highest BCUT2D eigenvalue weighted by Gasteiger charge is 2.60. The number of aliphatic hydroxyl groups is 1. The molecule has 13 nitrogen and oxygen atoms in total. The first-order chi connectivity index (χ1) is 30.9. The van der Waals surface area contributed by atoms with Crippen LogP contribution in [0.1, 0.15) is 87.3 Å². The number of imide groups is 1. The molecular formula is C51H83NO12Si3. The van der Waals surface area contributed by atoms with Crippen LogP contribution in [-0.4, -0.2) is 128 Å². The average molecular weight is 986 g/mol. The van der Waals surface area contributed by atoms with Gasteiger partial charge in [0.2, 0.25) is 0 Å². The van der Waals surface area contributed by atoms with E-state index in [2.05, 4.69) is 102 Å². The molecule has 2 fully saturated rings. The summed E-state index contributed by atoms with van der Waals surface area (Å²) in [5.74, 6) is -1.07. The molecule has 1 N–H and O–H groups in total. The molecule has 16 heteroatoms. The van der Waals surface area contributed by atoms with Crippen LogP contribution in [0.5, 0.6) is 0 Å². The molecule has 0 bridgehead atoms. The Morgan fingerprint density at radius 2 is 0.940 bits per heavy atom. The number of benzene rings is 2. The van der Waals surface area contributed by atoms with Crippen LogP contribution in [-0.2, 0) is 64.5 Å². The molecule has 0 aromatic heterocycles. The lowest BCUT2D eigenvalue weighted by atomic mass is 9.94. The van der Waals surface area contributed by atoms with Crippen molar-refractivity contribution in [3.8, 4) is 0 Å². The van der Waals surface area contributed by atoms with Crippen molar-refractivity contribution in [2.75, 3.05) is 20.3 Å². The van der Waals surface area contributed by atoms with Crippen LogP contribution >= 0.6 is 0 Å². The molecule has 3 aliphatic rings. The number of amides is 2. The fourth-order valence-electron chi connectivity index (χ4n) is 7.69. The molecule has 2 saturated heterocycles. The highest BCUT2D eigenvalue weighted by molar-refractivity contribution is 6.75. The van der Waals surface area contributed by atoms with E-state index >= 15 is 0 Å². The van der Waals surface area contributed by atoms with Gasteiger partial charge in [-0.25, -0.2) is 0 Å². The Balaban J connectivity index is 1.68. The molecule has 2 aromatic carbocycles. The van der Waals surface area contributed by atoms with Crippen LogP contribution < -0.4 is 0 Å². The average Bonchev–Trinajstić information content (AvgIpc) is 3.41. The highest BCUT2D eigenvalue weighted by atomic mass is 28.4. The Morgan fingerprint density at radius 1 is 0.567 bits per heavy atom. The lowest BCUT2D eigenvalue weighted by Gasteiger charge is -2.55. The summed E-state index contributed by atoms with van der Waals surface area (Å²) in [6, 6.07) is 18.4. The molecule has 10 atom stereocenters. The van der Waals surface area contributed by atoms with Crippen LogP contribution in [0.25, 0.3) is 0 Å². The second-order valence-corrected chi connectivity index (χ2v) is 37.4. The zero-order chi connectivity index (χ0) is 50.1. The zero-order valence-corrected chi connectivity index (χ0v) is 46.8. The third-order valence-electron chi connectivity index (χ3n) is 15.2. The standard InChI is InChI=1S/C51H83NO12Si3/c1-33-34(2)46(55)52(45(33)54)39-40(53)41(37(59-47(39)56-12)31-57-29-35-25-21-19-22-26-35)61-48-44(64-67(17,18)51(9,10)11)43(63-66(15,16)50(6,7)8)42(62-65(13,14)49(3,4)5)38(60-48)32-58-30-36-27-23-20-24-28-36/h19-28,37-44,47-48,53H,29-32H2,1-18H3/t37-,38-,39-,40+,41-,42-,43+,44-,47+,48+/m1/s1. The Bertz CT molecular complexity index is 1970. The van der Waals surface area contributed by atoms with Crippen LogP contribution in [0.2, 0.25) is 54.4 Å². The summed E-state index contributed by atoms with van der Waals surface area (Å²) in [6.07, 6.45) is -9.12. The minimum Gasteiger partial charge on any atom is -0.408 e. The number of nitrogens with zero attached hydrogens (tertiary/aromatic N) is 1. The second kappa shape index (κ2) is 21.5. The monoisotopic (exact) mass is 986 g/mol. The van der Waals surface area contributed by atoms with Gasteiger partial charge in [-0.05, 0) is 79.4 Å². The first-order valence-electron chi connectivity index (χ1n) is 23.9. The van der Waals surface area contributed by atoms with E-state index in [-0.39, 0.29) is 46.1 Å². The van der Waals surface area contributed by atoms with Gasteiger partial charge < -0.3 is 46.8 Å². The maximum absolute atomic E-state index is 13.8. The molecule has 376 valence electrons. The molecule has 2 amide bonds. The summed E-state index contributed by atoms with van der Waals surface area (Å²) in [5, 5.41) is 12.2. The second-order valence-electron chi connectivity index (χ2n) is 23.2. The zero-order valence-electron chi connectivity index (χ0n) is 43.8. The third kappa shape index (κ3) is 12.7.